The Balaban J connectivity index is 1.19. The molecular formula is C24H36N4O2S. The normalized spacial score (nSPS) is 23.4. The summed E-state index contributed by atoms with van der Waals surface area (Å²) in [4.78, 5) is 30.0. The summed E-state index contributed by atoms with van der Waals surface area (Å²) in [7, 11) is 1.95. The molecule has 7 heteroatoms. The fraction of sp³-hybridized carbons (Fsp3) is 0.667. The summed E-state index contributed by atoms with van der Waals surface area (Å²) in [6.45, 7) is 10.2. The highest BCUT2D eigenvalue weighted by Crippen LogP contribution is 2.26. The van der Waals surface area contributed by atoms with Crippen LogP contribution in [0.2, 0.25) is 0 Å². The van der Waals surface area contributed by atoms with Gasteiger partial charge in [-0.15, -0.1) is 11.3 Å². The number of nitrogens with one attached hydrogen (secondary N) is 1. The van der Waals surface area contributed by atoms with Crippen LogP contribution < -0.4 is 5.32 Å². The van der Waals surface area contributed by atoms with Crippen LogP contribution in [0, 0.1) is 17.8 Å². The number of nitrogens with zero attached hydrogens (tertiary/aromatic N) is 3. The minimum atomic E-state index is 0.0241. The highest BCUT2D eigenvalue weighted by molar-refractivity contribution is 7.17. The number of thiophene rings is 1. The van der Waals surface area contributed by atoms with E-state index in [-0.39, 0.29) is 17.7 Å². The van der Waals surface area contributed by atoms with Gasteiger partial charge in [-0.25, -0.2) is 0 Å². The molecule has 2 atom stereocenters. The van der Waals surface area contributed by atoms with Crippen LogP contribution in [0.4, 0.5) is 0 Å². The molecule has 2 aromatic rings. The molecule has 2 fully saturated rings. The minimum Gasteiger partial charge on any atom is -0.356 e. The first-order valence-corrected chi connectivity index (χ1v) is 12.6. The summed E-state index contributed by atoms with van der Waals surface area (Å²) in [5.41, 5.74) is 1.85. The molecule has 2 saturated heterocycles. The van der Waals surface area contributed by atoms with E-state index in [1.165, 1.54) is 19.5 Å². The molecule has 2 amide bonds. The Kier molecular flexibility index (Phi) is 7.02. The Bertz CT molecular complexity index is 902. The van der Waals surface area contributed by atoms with Crippen molar-refractivity contribution in [1.82, 2.24) is 19.7 Å². The van der Waals surface area contributed by atoms with Gasteiger partial charge in [-0.2, -0.15) is 0 Å². The number of aromatic nitrogens is 1. The number of hydrogen-bond donors (Lipinski definition) is 1. The Morgan fingerprint density at radius 1 is 1.16 bits per heavy atom. The lowest BCUT2D eigenvalue weighted by molar-refractivity contribution is -0.126. The average Bonchev–Trinajstić information content (AvgIpc) is 3.33. The first-order valence-electron chi connectivity index (χ1n) is 11.7. The van der Waals surface area contributed by atoms with Crippen molar-refractivity contribution >= 4 is 33.4 Å². The summed E-state index contributed by atoms with van der Waals surface area (Å²) in [6.07, 6.45) is 3.83. The van der Waals surface area contributed by atoms with Gasteiger partial charge in [-0.05, 0) is 61.6 Å². The van der Waals surface area contributed by atoms with Crippen LogP contribution in [0.25, 0.3) is 10.2 Å². The molecular weight excluding hydrogens is 408 g/mol. The second-order valence-corrected chi connectivity index (χ2v) is 10.6. The predicted octanol–water partition coefficient (Wildman–Crippen LogP) is 3.58. The lowest BCUT2D eigenvalue weighted by Crippen LogP contribution is -2.44. The third kappa shape index (κ3) is 5.14. The third-order valence-corrected chi connectivity index (χ3v) is 7.78. The highest BCUT2D eigenvalue weighted by atomic mass is 32.1. The second-order valence-electron chi connectivity index (χ2n) is 9.68. The standard InChI is InChI=1S/C24H36N4O2S/c1-17-13-18(2)16-27(15-17)9-4-8-25-23(29)19-5-10-28(11-6-19)24(30)21-14-22-20(26(21)3)7-12-31-22/h7,12,14,17-19H,4-6,8-11,13,15-16H2,1-3H3,(H,25,29)/t17-,18-/m1/s1. The maximum atomic E-state index is 13.0. The number of likely N-dealkylation sites (tertiary alicyclic amines) is 2. The molecule has 0 bridgehead atoms. The zero-order valence-corrected chi connectivity index (χ0v) is 19.9. The summed E-state index contributed by atoms with van der Waals surface area (Å²) in [6, 6.07) is 4.05. The molecule has 4 heterocycles. The quantitative estimate of drug-likeness (QED) is 0.693. The maximum absolute atomic E-state index is 13.0. The molecule has 0 radical (unpaired) electrons. The topological polar surface area (TPSA) is 57.6 Å². The summed E-state index contributed by atoms with van der Waals surface area (Å²) in [5, 5.41) is 5.19. The van der Waals surface area contributed by atoms with Gasteiger partial charge in [-0.3, -0.25) is 9.59 Å². The lowest BCUT2D eigenvalue weighted by atomic mass is 9.92. The largest absolute Gasteiger partial charge is 0.356 e. The smallest absolute Gasteiger partial charge is 0.270 e. The van der Waals surface area contributed by atoms with Gasteiger partial charge in [0, 0.05) is 45.7 Å². The van der Waals surface area contributed by atoms with E-state index in [2.05, 4.69) is 35.5 Å². The van der Waals surface area contributed by atoms with Crippen LogP contribution in [-0.2, 0) is 11.8 Å². The minimum absolute atomic E-state index is 0.0241. The Labute approximate surface area is 189 Å². The van der Waals surface area contributed by atoms with Crippen LogP contribution in [0.1, 0.15) is 50.0 Å². The van der Waals surface area contributed by atoms with E-state index in [1.807, 2.05) is 22.6 Å². The van der Waals surface area contributed by atoms with Gasteiger partial charge in [0.2, 0.25) is 5.91 Å². The lowest BCUT2D eigenvalue weighted by Gasteiger charge is -2.35. The van der Waals surface area contributed by atoms with Gasteiger partial charge in [0.1, 0.15) is 5.69 Å². The summed E-state index contributed by atoms with van der Waals surface area (Å²) >= 11 is 1.66. The zero-order valence-electron chi connectivity index (χ0n) is 19.1. The van der Waals surface area contributed by atoms with E-state index in [4.69, 9.17) is 0 Å². The Hall–Kier alpha value is -1.86. The number of hydrogen-bond acceptors (Lipinski definition) is 4. The second kappa shape index (κ2) is 9.74. The van der Waals surface area contributed by atoms with E-state index >= 15 is 0 Å². The van der Waals surface area contributed by atoms with Gasteiger partial charge in [0.05, 0.1) is 10.2 Å². The number of fused-ring (bicyclic) bond motifs is 1. The van der Waals surface area contributed by atoms with Crippen molar-refractivity contribution in [2.45, 2.75) is 39.5 Å². The first-order chi connectivity index (χ1) is 14.9. The Morgan fingerprint density at radius 3 is 2.55 bits per heavy atom. The molecule has 0 saturated carbocycles. The van der Waals surface area contributed by atoms with E-state index in [9.17, 15) is 9.59 Å². The van der Waals surface area contributed by atoms with Crippen LogP contribution >= 0.6 is 11.3 Å². The third-order valence-electron chi connectivity index (χ3n) is 6.93. The van der Waals surface area contributed by atoms with E-state index in [1.54, 1.807) is 11.3 Å². The number of rotatable bonds is 6. The molecule has 4 rings (SSSR count). The van der Waals surface area contributed by atoms with Crippen LogP contribution in [0.5, 0.6) is 0 Å². The van der Waals surface area contributed by atoms with Crippen molar-refractivity contribution in [3.05, 3.63) is 23.2 Å². The molecule has 31 heavy (non-hydrogen) atoms. The zero-order chi connectivity index (χ0) is 22.0. The maximum Gasteiger partial charge on any atom is 0.270 e. The average molecular weight is 445 g/mol. The van der Waals surface area contributed by atoms with E-state index < -0.39 is 0 Å². The summed E-state index contributed by atoms with van der Waals surface area (Å²) < 4.78 is 3.13. The predicted molar refractivity (Wildman–Crippen MR) is 126 cm³/mol. The van der Waals surface area contributed by atoms with Gasteiger partial charge in [-0.1, -0.05) is 13.8 Å². The molecule has 1 N–H and O–H groups in total. The highest BCUT2D eigenvalue weighted by Gasteiger charge is 2.29. The van der Waals surface area contributed by atoms with Gasteiger partial charge < -0.3 is 19.7 Å². The number of aryl methyl sites for hydroxylation is 1. The molecule has 6 nitrogen and oxygen atoms in total. The molecule has 0 unspecified atom stereocenters. The fourth-order valence-corrected chi connectivity index (χ4v) is 6.24. The first kappa shape index (κ1) is 22.3. The fourth-order valence-electron chi connectivity index (χ4n) is 5.40. The molecule has 170 valence electrons. The molecule has 2 aliphatic rings. The summed E-state index contributed by atoms with van der Waals surface area (Å²) in [5.74, 6) is 1.81. The molecule has 2 aliphatic heterocycles. The monoisotopic (exact) mass is 444 g/mol. The van der Waals surface area contributed by atoms with E-state index in [0.717, 1.165) is 60.1 Å². The number of piperidine rings is 2. The van der Waals surface area contributed by atoms with Gasteiger partial charge >= 0.3 is 0 Å². The van der Waals surface area contributed by atoms with Crippen LogP contribution in [0.15, 0.2) is 17.5 Å². The van der Waals surface area contributed by atoms with Crippen LogP contribution in [0.3, 0.4) is 0 Å². The SMILES string of the molecule is C[C@@H]1C[C@@H](C)CN(CCCNC(=O)C2CCN(C(=O)c3cc4sccc4n3C)CC2)C1. The van der Waals surface area contributed by atoms with Crippen molar-refractivity contribution in [2.75, 3.05) is 39.3 Å². The van der Waals surface area contributed by atoms with Gasteiger partial charge in [0.25, 0.3) is 5.91 Å². The van der Waals surface area contributed by atoms with Crippen molar-refractivity contribution in [3.8, 4) is 0 Å². The molecule has 0 spiro atoms. The number of carbonyl (C=O) groups excluding carboxylic acids is 2. The Morgan fingerprint density at radius 2 is 1.87 bits per heavy atom. The van der Waals surface area contributed by atoms with Crippen LogP contribution in [-0.4, -0.2) is 65.4 Å². The van der Waals surface area contributed by atoms with Crippen molar-refractivity contribution < 1.29 is 9.59 Å². The number of amides is 2. The molecule has 2 aromatic heterocycles. The molecule has 0 aromatic carbocycles. The van der Waals surface area contributed by atoms with Crippen molar-refractivity contribution in [3.63, 3.8) is 0 Å². The van der Waals surface area contributed by atoms with Crippen molar-refractivity contribution in [2.24, 2.45) is 24.8 Å². The van der Waals surface area contributed by atoms with Gasteiger partial charge in [0.15, 0.2) is 0 Å². The van der Waals surface area contributed by atoms with E-state index in [0.29, 0.717) is 13.1 Å². The van der Waals surface area contributed by atoms with Crippen molar-refractivity contribution in [1.29, 1.82) is 0 Å². The number of carbonyl (C=O) groups is 2. The molecule has 0 aliphatic carbocycles.